The second-order valence-electron chi connectivity index (χ2n) is 5.63. The molecule has 0 aromatic carbocycles. The van der Waals surface area contributed by atoms with E-state index >= 15 is 0 Å². The van der Waals surface area contributed by atoms with E-state index in [-0.39, 0.29) is 6.54 Å². The number of aliphatic carboxylic acids is 1. The summed E-state index contributed by atoms with van der Waals surface area (Å²) < 4.78 is 0.301. The molecule has 0 aliphatic rings. The summed E-state index contributed by atoms with van der Waals surface area (Å²) in [4.78, 5) is 11.0. The van der Waals surface area contributed by atoms with Crippen LogP contribution in [-0.2, 0) is 4.79 Å². The molecule has 0 unspecified atom stereocenters. The fourth-order valence-corrected chi connectivity index (χ4v) is 2.71. The summed E-state index contributed by atoms with van der Waals surface area (Å²) in [5.74, 6) is -0.730. The van der Waals surface area contributed by atoms with E-state index in [0.29, 0.717) is 16.7 Å². The van der Waals surface area contributed by atoms with Crippen molar-refractivity contribution in [2.45, 2.75) is 65.7 Å². The van der Waals surface area contributed by atoms with E-state index in [4.69, 9.17) is 0 Å². The molecule has 0 aliphatic heterocycles. The zero-order chi connectivity index (χ0) is 15.4. The molecule has 0 saturated carbocycles. The Labute approximate surface area is 123 Å². The van der Waals surface area contributed by atoms with Crippen LogP contribution in [0.25, 0.3) is 0 Å². The highest BCUT2D eigenvalue weighted by atomic mass is 16.4. The fraction of sp³-hybridized carbons (Fsp3) is 0.812. The van der Waals surface area contributed by atoms with Crippen LogP contribution in [0, 0.1) is 0 Å². The third-order valence-electron chi connectivity index (χ3n) is 3.49. The predicted molar refractivity (Wildman–Crippen MR) is 79.9 cm³/mol. The molecule has 0 aliphatic carbocycles. The highest BCUT2D eigenvalue weighted by molar-refractivity contribution is 5.65. The van der Waals surface area contributed by atoms with Gasteiger partial charge in [0.2, 0.25) is 0 Å². The summed E-state index contributed by atoms with van der Waals surface area (Å²) in [6.07, 6.45) is 8.56. The first kappa shape index (κ1) is 19.0. The molecule has 0 fully saturated rings. The second-order valence-corrected chi connectivity index (χ2v) is 5.63. The Bertz CT molecular complexity index is 294. The molecule has 0 atom stereocenters. The molecule has 4 nitrogen and oxygen atoms in total. The third-order valence-corrected chi connectivity index (χ3v) is 3.49. The van der Waals surface area contributed by atoms with Crippen LogP contribution in [0.1, 0.15) is 65.7 Å². The fourth-order valence-electron chi connectivity index (χ4n) is 2.71. The van der Waals surface area contributed by atoms with E-state index in [2.05, 4.69) is 6.92 Å². The minimum Gasteiger partial charge on any atom is -0.544 e. The molecule has 0 spiro atoms. The summed E-state index contributed by atoms with van der Waals surface area (Å²) in [6.45, 7) is 7.61. The Kier molecular flexibility index (Phi) is 10.2. The van der Waals surface area contributed by atoms with Crippen LogP contribution in [0.5, 0.6) is 0 Å². The minimum absolute atomic E-state index is 0.0549. The van der Waals surface area contributed by atoms with Gasteiger partial charge in [-0.3, -0.25) is 4.48 Å². The van der Waals surface area contributed by atoms with E-state index in [1.807, 2.05) is 13.8 Å². The van der Waals surface area contributed by atoms with Gasteiger partial charge in [0.1, 0.15) is 18.5 Å². The smallest absolute Gasteiger partial charge is 0.145 e. The van der Waals surface area contributed by atoms with Crippen molar-refractivity contribution in [3.8, 4) is 0 Å². The van der Waals surface area contributed by atoms with Crippen molar-refractivity contribution in [1.82, 2.24) is 0 Å². The Balaban J connectivity index is 4.76. The third kappa shape index (κ3) is 8.20. The number of carbonyl (C=O) groups is 1. The quantitative estimate of drug-likeness (QED) is 0.341. The summed E-state index contributed by atoms with van der Waals surface area (Å²) in [7, 11) is 0. The van der Waals surface area contributed by atoms with Gasteiger partial charge in [-0.05, 0) is 19.3 Å². The maximum atomic E-state index is 11.0. The number of unbranched alkanes of at least 4 members (excludes halogenated alkanes) is 3. The lowest BCUT2D eigenvalue weighted by Gasteiger charge is -2.35. The van der Waals surface area contributed by atoms with Crippen LogP contribution in [0.15, 0.2) is 12.0 Å². The number of quaternary nitrogens is 1. The molecule has 0 rings (SSSR count). The Morgan fingerprint density at radius 1 is 1.05 bits per heavy atom. The lowest BCUT2D eigenvalue weighted by Crippen LogP contribution is -2.51. The van der Waals surface area contributed by atoms with Gasteiger partial charge in [-0.25, -0.2) is 0 Å². The predicted octanol–water partition coefficient (Wildman–Crippen LogP) is 2.74. The topological polar surface area (TPSA) is 60.4 Å². The molecule has 0 saturated heterocycles. The first-order chi connectivity index (χ1) is 9.49. The van der Waals surface area contributed by atoms with Crippen LogP contribution in [-0.4, -0.2) is 35.2 Å². The van der Waals surface area contributed by atoms with Gasteiger partial charge >= 0.3 is 0 Å². The molecule has 0 amide bonds. The molecule has 1 N–H and O–H groups in total. The second kappa shape index (κ2) is 10.7. The Hall–Kier alpha value is -1.03. The molecule has 118 valence electrons. The maximum Gasteiger partial charge on any atom is 0.145 e. The van der Waals surface area contributed by atoms with Crippen LogP contribution in [0.3, 0.4) is 0 Å². The summed E-state index contributed by atoms with van der Waals surface area (Å²) >= 11 is 0. The number of carbonyl (C=O) groups excluding carboxylic acids is 1. The summed E-state index contributed by atoms with van der Waals surface area (Å²) in [6, 6.07) is 0. The molecular formula is C16H31NO3. The number of carboxylic acids is 1. The average Bonchev–Trinajstić information content (AvgIpc) is 2.34. The zero-order valence-electron chi connectivity index (χ0n) is 13.4. The lowest BCUT2D eigenvalue weighted by atomic mass is 10.1. The van der Waals surface area contributed by atoms with E-state index < -0.39 is 5.97 Å². The summed E-state index contributed by atoms with van der Waals surface area (Å²) in [5, 5.41) is 21.1. The van der Waals surface area contributed by atoms with Crippen molar-refractivity contribution < 1.29 is 19.5 Å². The van der Waals surface area contributed by atoms with Gasteiger partial charge in [0.25, 0.3) is 0 Å². The number of hydrogen-bond donors (Lipinski definition) is 1. The minimum atomic E-state index is -1.05. The molecule has 0 radical (unpaired) electrons. The molecular weight excluding hydrogens is 254 g/mol. The van der Waals surface area contributed by atoms with Crippen LogP contribution < -0.4 is 5.11 Å². The van der Waals surface area contributed by atoms with E-state index in [9.17, 15) is 15.0 Å². The molecule has 20 heavy (non-hydrogen) atoms. The van der Waals surface area contributed by atoms with Gasteiger partial charge < -0.3 is 15.0 Å². The van der Waals surface area contributed by atoms with Crippen LogP contribution >= 0.6 is 0 Å². The number of nitrogens with zero attached hydrogens (tertiary/aromatic N) is 1. The molecule has 0 bridgehead atoms. The zero-order valence-corrected chi connectivity index (χ0v) is 13.4. The molecule has 0 aromatic heterocycles. The van der Waals surface area contributed by atoms with Crippen LogP contribution in [0.4, 0.5) is 0 Å². The Morgan fingerprint density at radius 3 is 2.10 bits per heavy atom. The number of hydrogen-bond acceptors (Lipinski definition) is 3. The van der Waals surface area contributed by atoms with Gasteiger partial charge in [0.05, 0.1) is 19.1 Å². The van der Waals surface area contributed by atoms with Crippen molar-refractivity contribution in [3.63, 3.8) is 0 Å². The van der Waals surface area contributed by atoms with Gasteiger partial charge in [-0.2, -0.15) is 0 Å². The monoisotopic (exact) mass is 285 g/mol. The average molecular weight is 285 g/mol. The normalized spacial score (nSPS) is 12.7. The first-order valence-electron chi connectivity index (χ1n) is 7.96. The van der Waals surface area contributed by atoms with Crippen molar-refractivity contribution in [2.75, 3.05) is 19.6 Å². The van der Waals surface area contributed by atoms with E-state index in [1.165, 1.54) is 12.8 Å². The molecule has 4 heteroatoms. The lowest BCUT2D eigenvalue weighted by molar-refractivity contribution is -0.875. The van der Waals surface area contributed by atoms with Crippen molar-refractivity contribution >= 4 is 5.97 Å². The van der Waals surface area contributed by atoms with Gasteiger partial charge in [0, 0.05) is 6.42 Å². The van der Waals surface area contributed by atoms with E-state index in [0.717, 1.165) is 38.8 Å². The van der Waals surface area contributed by atoms with Crippen molar-refractivity contribution in [1.29, 1.82) is 0 Å². The first-order valence-corrected chi connectivity index (χ1v) is 7.96. The largest absolute Gasteiger partial charge is 0.544 e. The standard InChI is InChI=1S/C16H31NO3/c1-4-7-8-9-10-15(18)13-17(11-5-2,12-6-3)14-16(19)20/h13H,4-12,14H2,1-3H3,(H-,18,19,20)/b15-13-. The van der Waals surface area contributed by atoms with Crippen molar-refractivity contribution in [2.24, 2.45) is 0 Å². The number of allylic oxidation sites excluding steroid dienone is 1. The molecule has 0 heterocycles. The van der Waals surface area contributed by atoms with Crippen LogP contribution in [0.2, 0.25) is 0 Å². The SMILES string of the molecule is CCCCCC/C(O)=C/[N+](CCC)(CCC)CC(=O)[O-]. The number of aliphatic hydroxyl groups excluding tert-OH is 1. The van der Waals surface area contributed by atoms with Gasteiger partial charge in [-0.1, -0.05) is 40.0 Å². The highest BCUT2D eigenvalue weighted by Crippen LogP contribution is 2.16. The maximum absolute atomic E-state index is 11.0. The Morgan fingerprint density at radius 2 is 1.65 bits per heavy atom. The number of carboxylic acid groups (broad SMARTS) is 1. The van der Waals surface area contributed by atoms with E-state index in [1.54, 1.807) is 6.20 Å². The summed E-state index contributed by atoms with van der Waals surface area (Å²) in [5.41, 5.74) is 0. The highest BCUT2D eigenvalue weighted by Gasteiger charge is 2.24. The number of rotatable bonds is 12. The van der Waals surface area contributed by atoms with Gasteiger partial charge in [0.15, 0.2) is 0 Å². The van der Waals surface area contributed by atoms with Gasteiger partial charge in [-0.15, -0.1) is 0 Å². The molecule has 0 aromatic rings. The number of aliphatic hydroxyl groups is 1. The van der Waals surface area contributed by atoms with Crippen molar-refractivity contribution in [3.05, 3.63) is 12.0 Å².